The third-order valence-electron chi connectivity index (χ3n) is 1.87. The molecular weight excluding hydrogens is 231 g/mol. The number of benzene rings is 1. The summed E-state index contributed by atoms with van der Waals surface area (Å²) in [6, 6.07) is 1.97. The molecule has 0 fully saturated rings. The van der Waals surface area contributed by atoms with Gasteiger partial charge in [0.05, 0.1) is 5.56 Å². The average Bonchev–Trinajstić information content (AvgIpc) is 2.09. The van der Waals surface area contributed by atoms with Gasteiger partial charge in [0.2, 0.25) is 0 Å². The summed E-state index contributed by atoms with van der Waals surface area (Å²) < 4.78 is 37.2. The van der Waals surface area contributed by atoms with Crippen LogP contribution in [0.5, 0.6) is 5.75 Å². The third kappa shape index (κ3) is 2.76. The lowest BCUT2D eigenvalue weighted by atomic mass is 10.1. The summed E-state index contributed by atoms with van der Waals surface area (Å²) in [6.07, 6.45) is -4.46. The number of aromatic hydroxyl groups is 1. The zero-order valence-electron chi connectivity index (χ0n) is 7.61. The SMILES string of the molecule is NCCc1cc(Cl)cc(C(F)(F)F)c1O. The largest absolute Gasteiger partial charge is 0.507 e. The molecule has 2 nitrogen and oxygen atoms in total. The Morgan fingerprint density at radius 2 is 1.93 bits per heavy atom. The van der Waals surface area contributed by atoms with Gasteiger partial charge in [0.1, 0.15) is 5.75 Å². The second-order valence-corrected chi connectivity index (χ2v) is 3.43. The van der Waals surface area contributed by atoms with Crippen molar-refractivity contribution in [1.29, 1.82) is 0 Å². The van der Waals surface area contributed by atoms with Crippen molar-refractivity contribution in [3.8, 4) is 5.75 Å². The highest BCUT2D eigenvalue weighted by Crippen LogP contribution is 2.39. The molecule has 15 heavy (non-hydrogen) atoms. The van der Waals surface area contributed by atoms with E-state index in [0.717, 1.165) is 0 Å². The van der Waals surface area contributed by atoms with Crippen LogP contribution in [-0.4, -0.2) is 11.7 Å². The maximum absolute atomic E-state index is 12.4. The molecule has 84 valence electrons. The predicted octanol–water partition coefficient (Wildman–Crippen LogP) is 2.57. The van der Waals surface area contributed by atoms with Crippen LogP contribution in [0.25, 0.3) is 0 Å². The van der Waals surface area contributed by atoms with E-state index in [1.165, 1.54) is 6.07 Å². The predicted molar refractivity (Wildman–Crippen MR) is 50.9 cm³/mol. The second kappa shape index (κ2) is 4.28. The number of halogens is 4. The van der Waals surface area contributed by atoms with Crippen LogP contribution < -0.4 is 5.73 Å². The Hall–Kier alpha value is -0.940. The first-order valence-electron chi connectivity index (χ1n) is 4.15. The molecule has 0 aliphatic heterocycles. The van der Waals surface area contributed by atoms with Crippen LogP contribution in [0.4, 0.5) is 13.2 Å². The number of phenols is 1. The highest BCUT2D eigenvalue weighted by atomic mass is 35.5. The van der Waals surface area contributed by atoms with Crippen LogP contribution in [0.2, 0.25) is 5.02 Å². The zero-order valence-corrected chi connectivity index (χ0v) is 8.36. The molecule has 0 radical (unpaired) electrons. The van der Waals surface area contributed by atoms with Crippen LogP contribution in [0.1, 0.15) is 11.1 Å². The van der Waals surface area contributed by atoms with Crippen LogP contribution in [-0.2, 0) is 12.6 Å². The topological polar surface area (TPSA) is 46.2 Å². The number of hydrogen-bond acceptors (Lipinski definition) is 2. The first-order valence-corrected chi connectivity index (χ1v) is 4.52. The Morgan fingerprint density at radius 1 is 1.33 bits per heavy atom. The fraction of sp³-hybridized carbons (Fsp3) is 0.333. The molecule has 0 saturated heterocycles. The molecule has 0 aliphatic carbocycles. The lowest BCUT2D eigenvalue weighted by Gasteiger charge is -2.12. The van der Waals surface area contributed by atoms with Gasteiger partial charge < -0.3 is 10.8 Å². The van der Waals surface area contributed by atoms with Crippen molar-refractivity contribution >= 4 is 11.6 Å². The summed E-state index contributed by atoms with van der Waals surface area (Å²) in [5, 5.41) is 9.28. The minimum absolute atomic E-state index is 0.0661. The lowest BCUT2D eigenvalue weighted by molar-refractivity contribution is -0.138. The number of nitrogens with two attached hydrogens (primary N) is 1. The van der Waals surface area contributed by atoms with Gasteiger partial charge in [-0.3, -0.25) is 0 Å². The Labute approximate surface area is 89.5 Å². The Balaban J connectivity index is 3.28. The third-order valence-corrected chi connectivity index (χ3v) is 2.09. The van der Waals surface area contributed by atoms with Gasteiger partial charge in [0.25, 0.3) is 0 Å². The van der Waals surface area contributed by atoms with Gasteiger partial charge in [0, 0.05) is 5.02 Å². The second-order valence-electron chi connectivity index (χ2n) is 3.00. The zero-order chi connectivity index (χ0) is 11.6. The fourth-order valence-corrected chi connectivity index (χ4v) is 1.46. The highest BCUT2D eigenvalue weighted by Gasteiger charge is 2.35. The minimum Gasteiger partial charge on any atom is -0.507 e. The van der Waals surface area contributed by atoms with Gasteiger partial charge >= 0.3 is 6.18 Å². The van der Waals surface area contributed by atoms with E-state index in [2.05, 4.69) is 0 Å². The van der Waals surface area contributed by atoms with Gasteiger partial charge in [0.15, 0.2) is 0 Å². The molecule has 0 bridgehead atoms. The average molecular weight is 240 g/mol. The van der Waals surface area contributed by atoms with E-state index in [0.29, 0.717) is 6.07 Å². The Bertz CT molecular complexity index is 365. The Morgan fingerprint density at radius 3 is 2.40 bits per heavy atom. The number of rotatable bonds is 2. The standard InChI is InChI=1S/C9H9ClF3NO/c10-6-3-5(1-2-14)8(15)7(4-6)9(11,12)13/h3-4,15H,1-2,14H2. The molecule has 0 aliphatic rings. The summed E-state index contributed by atoms with van der Waals surface area (Å²) in [5.74, 6) is -0.794. The smallest absolute Gasteiger partial charge is 0.420 e. The molecule has 0 saturated carbocycles. The van der Waals surface area contributed by atoms with Crippen molar-refractivity contribution in [3.63, 3.8) is 0 Å². The maximum atomic E-state index is 12.4. The molecule has 0 atom stereocenters. The summed E-state index contributed by atoms with van der Waals surface area (Å²) in [6.45, 7) is 0.144. The molecule has 6 heteroatoms. The minimum atomic E-state index is -4.61. The molecule has 1 rings (SSSR count). The van der Waals surface area contributed by atoms with Crippen molar-refractivity contribution in [1.82, 2.24) is 0 Å². The van der Waals surface area contributed by atoms with E-state index < -0.39 is 17.5 Å². The molecular formula is C9H9ClF3NO. The van der Waals surface area contributed by atoms with Crippen LogP contribution >= 0.6 is 11.6 Å². The molecule has 0 heterocycles. The summed E-state index contributed by atoms with van der Waals surface area (Å²) in [7, 11) is 0. The number of phenolic OH excluding ortho intramolecular Hbond substituents is 1. The Kier molecular flexibility index (Phi) is 3.46. The van der Waals surface area contributed by atoms with Crippen molar-refractivity contribution < 1.29 is 18.3 Å². The van der Waals surface area contributed by atoms with Crippen molar-refractivity contribution in [2.24, 2.45) is 5.73 Å². The molecule has 0 aromatic heterocycles. The van der Waals surface area contributed by atoms with Crippen LogP contribution in [0, 0.1) is 0 Å². The van der Waals surface area contributed by atoms with Crippen molar-refractivity contribution in [3.05, 3.63) is 28.3 Å². The molecule has 0 amide bonds. The van der Waals surface area contributed by atoms with Gasteiger partial charge in [-0.05, 0) is 30.7 Å². The van der Waals surface area contributed by atoms with Gasteiger partial charge in [-0.15, -0.1) is 0 Å². The maximum Gasteiger partial charge on any atom is 0.420 e. The molecule has 0 spiro atoms. The van der Waals surface area contributed by atoms with Gasteiger partial charge in [-0.1, -0.05) is 11.6 Å². The highest BCUT2D eigenvalue weighted by molar-refractivity contribution is 6.30. The number of hydrogen-bond donors (Lipinski definition) is 2. The summed E-state index contributed by atoms with van der Waals surface area (Å²) >= 11 is 5.51. The van der Waals surface area contributed by atoms with E-state index in [1.807, 2.05) is 0 Å². The first kappa shape index (κ1) is 12.1. The van der Waals surface area contributed by atoms with E-state index in [9.17, 15) is 18.3 Å². The number of alkyl halides is 3. The quantitative estimate of drug-likeness (QED) is 0.833. The first-order chi connectivity index (χ1) is 6.86. The monoisotopic (exact) mass is 239 g/mol. The summed E-state index contributed by atoms with van der Waals surface area (Å²) in [5.41, 5.74) is 4.19. The van der Waals surface area contributed by atoms with E-state index in [-0.39, 0.29) is 23.6 Å². The summed E-state index contributed by atoms with van der Waals surface area (Å²) in [4.78, 5) is 0. The molecule has 0 unspecified atom stereocenters. The van der Waals surface area contributed by atoms with Gasteiger partial charge in [-0.25, -0.2) is 0 Å². The van der Waals surface area contributed by atoms with Crippen molar-refractivity contribution in [2.75, 3.05) is 6.54 Å². The van der Waals surface area contributed by atoms with E-state index in [4.69, 9.17) is 17.3 Å². The fourth-order valence-electron chi connectivity index (χ4n) is 1.22. The van der Waals surface area contributed by atoms with Crippen LogP contribution in [0.15, 0.2) is 12.1 Å². The van der Waals surface area contributed by atoms with E-state index >= 15 is 0 Å². The molecule has 3 N–H and O–H groups in total. The van der Waals surface area contributed by atoms with E-state index in [1.54, 1.807) is 0 Å². The van der Waals surface area contributed by atoms with Gasteiger partial charge in [-0.2, -0.15) is 13.2 Å². The lowest BCUT2D eigenvalue weighted by Crippen LogP contribution is -2.09. The van der Waals surface area contributed by atoms with Crippen molar-refractivity contribution in [2.45, 2.75) is 12.6 Å². The molecule has 1 aromatic carbocycles. The van der Waals surface area contributed by atoms with Crippen LogP contribution in [0.3, 0.4) is 0 Å². The molecule has 1 aromatic rings. The normalized spacial score (nSPS) is 11.8.